The Morgan fingerprint density at radius 3 is 2.41 bits per heavy atom. The number of halogens is 2. The standard InChI is InChI=1S/C27H19F2N5O6S/c1-40-24-22(33-41(38,39)23-9-5-17(28)12-20(23)29)11-16(13-31-24)15-4-8-21-19(10-15)25(35)34(27(30)32-21)18-6-2-14(3-7-18)26(36)37/h2-13,33H,1H3,(H2,30,32)(H,36,37). The lowest BCUT2D eigenvalue weighted by molar-refractivity contribution is 0.0697. The van der Waals surface area contributed by atoms with Crippen molar-refractivity contribution in [3.8, 4) is 22.7 Å². The maximum atomic E-state index is 14.2. The second-order valence-electron chi connectivity index (χ2n) is 8.66. The van der Waals surface area contributed by atoms with Crippen LogP contribution in [0.3, 0.4) is 0 Å². The van der Waals surface area contributed by atoms with E-state index in [1.54, 1.807) is 12.1 Å². The highest BCUT2D eigenvalue weighted by Gasteiger charge is 2.22. The van der Waals surface area contributed by atoms with Crippen LogP contribution in [0.5, 0.6) is 5.88 Å². The number of nitrogens with two attached hydrogens (primary N) is 1. The fourth-order valence-electron chi connectivity index (χ4n) is 4.12. The third-order valence-electron chi connectivity index (χ3n) is 6.07. The Labute approximate surface area is 230 Å². The Balaban J connectivity index is 1.58. The summed E-state index contributed by atoms with van der Waals surface area (Å²) >= 11 is 0. The van der Waals surface area contributed by atoms with Crippen molar-refractivity contribution in [1.82, 2.24) is 14.5 Å². The predicted octanol–water partition coefficient (Wildman–Crippen LogP) is 3.82. The van der Waals surface area contributed by atoms with Crippen LogP contribution in [-0.4, -0.2) is 41.1 Å². The van der Waals surface area contributed by atoms with Crippen molar-refractivity contribution in [3.05, 3.63) is 100 Å². The van der Waals surface area contributed by atoms with Crippen LogP contribution in [0.2, 0.25) is 0 Å². The van der Waals surface area contributed by atoms with Gasteiger partial charge in [0.15, 0.2) is 0 Å². The van der Waals surface area contributed by atoms with Gasteiger partial charge in [-0.2, -0.15) is 0 Å². The summed E-state index contributed by atoms with van der Waals surface area (Å²) < 4.78 is 61.8. The molecule has 0 unspecified atom stereocenters. The van der Waals surface area contributed by atoms with E-state index in [1.807, 2.05) is 0 Å². The van der Waals surface area contributed by atoms with Crippen LogP contribution in [0.25, 0.3) is 27.7 Å². The van der Waals surface area contributed by atoms with Crippen LogP contribution in [0.1, 0.15) is 10.4 Å². The van der Waals surface area contributed by atoms with E-state index in [0.29, 0.717) is 22.9 Å². The maximum absolute atomic E-state index is 14.2. The van der Waals surface area contributed by atoms with E-state index in [0.717, 1.165) is 16.7 Å². The molecule has 0 radical (unpaired) electrons. The van der Waals surface area contributed by atoms with E-state index in [1.165, 1.54) is 49.7 Å². The van der Waals surface area contributed by atoms with E-state index < -0.39 is 38.1 Å². The SMILES string of the molecule is COc1ncc(-c2ccc3nc(N)n(-c4ccc(C(=O)O)cc4)c(=O)c3c2)cc1NS(=O)(=O)c1ccc(F)cc1F. The third-order valence-corrected chi connectivity index (χ3v) is 7.47. The third kappa shape index (κ3) is 5.15. The van der Waals surface area contributed by atoms with Gasteiger partial charge >= 0.3 is 5.97 Å². The lowest BCUT2D eigenvalue weighted by atomic mass is 10.0. The second-order valence-corrected chi connectivity index (χ2v) is 10.3. The lowest BCUT2D eigenvalue weighted by Gasteiger charge is -2.14. The quantitative estimate of drug-likeness (QED) is 0.260. The summed E-state index contributed by atoms with van der Waals surface area (Å²) in [6, 6.07) is 13.6. The Hall–Kier alpha value is -5.37. The Kier molecular flexibility index (Phi) is 6.84. The number of anilines is 2. The number of benzene rings is 3. The summed E-state index contributed by atoms with van der Waals surface area (Å²) in [5.74, 6) is -3.59. The van der Waals surface area contributed by atoms with Gasteiger partial charge in [-0.25, -0.2) is 36.5 Å². The van der Waals surface area contributed by atoms with Crippen LogP contribution in [0.15, 0.2) is 82.6 Å². The molecule has 3 aromatic carbocycles. The summed E-state index contributed by atoms with van der Waals surface area (Å²) in [7, 11) is -3.25. The summed E-state index contributed by atoms with van der Waals surface area (Å²) in [6.45, 7) is 0. The Morgan fingerprint density at radius 2 is 1.76 bits per heavy atom. The van der Waals surface area contributed by atoms with Crippen LogP contribution in [0.4, 0.5) is 20.4 Å². The fourth-order valence-corrected chi connectivity index (χ4v) is 5.23. The molecule has 14 heteroatoms. The Morgan fingerprint density at radius 1 is 1.02 bits per heavy atom. The fraction of sp³-hybridized carbons (Fsp3) is 0.0370. The number of rotatable bonds is 7. The van der Waals surface area contributed by atoms with Gasteiger partial charge in [0.2, 0.25) is 11.8 Å². The smallest absolute Gasteiger partial charge is 0.335 e. The van der Waals surface area contributed by atoms with E-state index in [2.05, 4.69) is 14.7 Å². The minimum Gasteiger partial charge on any atom is -0.480 e. The van der Waals surface area contributed by atoms with Gasteiger partial charge in [0.1, 0.15) is 22.2 Å². The average Bonchev–Trinajstić information content (AvgIpc) is 2.92. The van der Waals surface area contributed by atoms with Gasteiger partial charge in [0.25, 0.3) is 15.6 Å². The molecular formula is C27H19F2N5O6S. The van der Waals surface area contributed by atoms with Gasteiger partial charge in [0.05, 0.1) is 29.3 Å². The molecule has 2 heterocycles. The number of aromatic nitrogens is 3. The normalized spacial score (nSPS) is 11.4. The van der Waals surface area contributed by atoms with Crippen molar-refractivity contribution in [3.63, 3.8) is 0 Å². The minimum atomic E-state index is -4.51. The number of fused-ring (bicyclic) bond motifs is 1. The number of carbonyl (C=O) groups is 1. The molecule has 0 amide bonds. The zero-order valence-corrected chi connectivity index (χ0v) is 21.8. The van der Waals surface area contributed by atoms with Crippen LogP contribution in [-0.2, 0) is 10.0 Å². The molecule has 4 N–H and O–H groups in total. The maximum Gasteiger partial charge on any atom is 0.335 e. The van der Waals surface area contributed by atoms with Crippen molar-refractivity contribution in [1.29, 1.82) is 0 Å². The number of carboxylic acids is 1. The molecular weight excluding hydrogens is 560 g/mol. The number of methoxy groups -OCH3 is 1. The number of hydrogen-bond donors (Lipinski definition) is 3. The molecule has 0 atom stereocenters. The highest BCUT2D eigenvalue weighted by atomic mass is 32.2. The molecule has 0 fully saturated rings. The second kappa shape index (κ2) is 10.3. The minimum absolute atomic E-state index is 0.0250. The number of aromatic carboxylic acids is 1. The number of hydrogen-bond acceptors (Lipinski definition) is 8. The van der Waals surface area contributed by atoms with Crippen LogP contribution >= 0.6 is 0 Å². The predicted molar refractivity (Wildman–Crippen MR) is 146 cm³/mol. The van der Waals surface area contributed by atoms with Crippen molar-refractivity contribution in [2.24, 2.45) is 0 Å². The summed E-state index contributed by atoms with van der Waals surface area (Å²) in [5.41, 5.74) is 6.78. The average molecular weight is 580 g/mol. The number of sulfonamides is 1. The number of pyridine rings is 1. The molecule has 0 saturated heterocycles. The first-order chi connectivity index (χ1) is 19.5. The molecule has 0 spiro atoms. The molecule has 5 rings (SSSR count). The largest absolute Gasteiger partial charge is 0.480 e. The zero-order chi connectivity index (χ0) is 29.5. The molecule has 0 bridgehead atoms. The van der Waals surface area contributed by atoms with Crippen molar-refractivity contribution >= 4 is 38.5 Å². The number of ether oxygens (including phenoxy) is 1. The molecule has 5 aromatic rings. The first-order valence-corrected chi connectivity index (χ1v) is 13.1. The van der Waals surface area contributed by atoms with E-state index in [-0.39, 0.29) is 34.0 Å². The molecule has 11 nitrogen and oxygen atoms in total. The van der Waals surface area contributed by atoms with Gasteiger partial charge in [-0.3, -0.25) is 9.52 Å². The monoisotopic (exact) mass is 579 g/mol. The lowest BCUT2D eigenvalue weighted by Crippen LogP contribution is -2.23. The molecule has 0 aliphatic rings. The van der Waals surface area contributed by atoms with Crippen LogP contribution in [0, 0.1) is 11.6 Å². The topological polar surface area (TPSA) is 166 Å². The first kappa shape index (κ1) is 27.2. The van der Waals surface area contributed by atoms with Gasteiger partial charge in [-0.1, -0.05) is 6.07 Å². The zero-order valence-electron chi connectivity index (χ0n) is 21.0. The van der Waals surface area contributed by atoms with Crippen molar-refractivity contribution in [2.75, 3.05) is 17.6 Å². The Bertz CT molecular complexity index is 2010. The van der Waals surface area contributed by atoms with Crippen LogP contribution < -0.4 is 20.8 Å². The highest BCUT2D eigenvalue weighted by Crippen LogP contribution is 2.31. The molecule has 0 aliphatic heterocycles. The van der Waals surface area contributed by atoms with Gasteiger partial charge in [-0.05, 0) is 60.2 Å². The number of carboxylic acid groups (broad SMARTS) is 1. The van der Waals surface area contributed by atoms with Crippen molar-refractivity contribution < 1.29 is 31.8 Å². The van der Waals surface area contributed by atoms with E-state index in [4.69, 9.17) is 15.6 Å². The van der Waals surface area contributed by atoms with Gasteiger partial charge in [-0.15, -0.1) is 0 Å². The number of nitrogens with zero attached hydrogens (tertiary/aromatic N) is 3. The number of nitrogens with one attached hydrogen (secondary N) is 1. The molecule has 0 aliphatic carbocycles. The summed E-state index contributed by atoms with van der Waals surface area (Å²) in [6.07, 6.45) is 1.38. The molecule has 208 valence electrons. The highest BCUT2D eigenvalue weighted by molar-refractivity contribution is 7.92. The van der Waals surface area contributed by atoms with Gasteiger partial charge in [0, 0.05) is 17.8 Å². The van der Waals surface area contributed by atoms with E-state index >= 15 is 0 Å². The number of nitrogen functional groups attached to an aromatic ring is 1. The molecule has 0 saturated carbocycles. The van der Waals surface area contributed by atoms with E-state index in [9.17, 15) is 26.8 Å². The summed E-state index contributed by atoms with van der Waals surface area (Å²) in [5, 5.41) is 9.30. The molecule has 41 heavy (non-hydrogen) atoms. The summed E-state index contributed by atoms with van der Waals surface area (Å²) in [4.78, 5) is 32.3. The van der Waals surface area contributed by atoms with Crippen molar-refractivity contribution in [2.45, 2.75) is 4.90 Å². The molecule has 2 aromatic heterocycles. The van der Waals surface area contributed by atoms with Gasteiger partial charge < -0.3 is 15.6 Å². The first-order valence-electron chi connectivity index (χ1n) is 11.7.